The van der Waals surface area contributed by atoms with Gasteiger partial charge in [-0.15, -0.1) is 0 Å². The minimum atomic E-state index is 0.00403. The fourth-order valence-corrected chi connectivity index (χ4v) is 1.68. The van der Waals surface area contributed by atoms with E-state index < -0.39 is 0 Å². The van der Waals surface area contributed by atoms with Crippen LogP contribution < -0.4 is 5.73 Å². The van der Waals surface area contributed by atoms with Gasteiger partial charge in [0.15, 0.2) is 0 Å². The maximum atomic E-state index is 9.41. The number of aliphatic hydroxyl groups is 1. The molecule has 0 aromatic heterocycles. The van der Waals surface area contributed by atoms with Gasteiger partial charge in [0, 0.05) is 12.1 Å². The molecule has 0 heterocycles. The van der Waals surface area contributed by atoms with Gasteiger partial charge in [-0.3, -0.25) is 4.90 Å². The molecule has 0 amide bonds. The molecule has 3 N–H and O–H groups in total. The third-order valence-corrected chi connectivity index (χ3v) is 3.03. The Balaban J connectivity index is 4.33. The van der Waals surface area contributed by atoms with Crippen LogP contribution in [0.5, 0.6) is 0 Å². The molecule has 0 saturated heterocycles. The molecule has 0 aliphatic rings. The van der Waals surface area contributed by atoms with E-state index in [9.17, 15) is 5.11 Å². The van der Waals surface area contributed by atoms with Crippen LogP contribution in [0.4, 0.5) is 0 Å². The van der Waals surface area contributed by atoms with E-state index in [0.29, 0.717) is 0 Å². The van der Waals surface area contributed by atoms with Gasteiger partial charge in [0.05, 0.1) is 6.61 Å². The molecule has 0 spiro atoms. The van der Waals surface area contributed by atoms with Crippen LogP contribution in [0.2, 0.25) is 0 Å². The predicted octanol–water partition coefficient (Wildman–Crippen LogP) is 1.45. The van der Waals surface area contributed by atoms with E-state index in [1.165, 1.54) is 6.42 Å². The first-order chi connectivity index (χ1) is 6.84. The van der Waals surface area contributed by atoms with Crippen molar-refractivity contribution in [3.05, 3.63) is 0 Å². The fourth-order valence-electron chi connectivity index (χ4n) is 1.68. The third-order valence-electron chi connectivity index (χ3n) is 3.03. The Bertz CT molecular complexity index is 165. The quantitative estimate of drug-likeness (QED) is 0.706. The van der Waals surface area contributed by atoms with Crippen LogP contribution in [0.25, 0.3) is 0 Å². The Kier molecular flexibility index (Phi) is 6.41. The van der Waals surface area contributed by atoms with E-state index >= 15 is 0 Å². The van der Waals surface area contributed by atoms with Gasteiger partial charge in [-0.05, 0) is 25.4 Å². The van der Waals surface area contributed by atoms with Gasteiger partial charge in [-0.2, -0.15) is 0 Å². The molecule has 0 aliphatic heterocycles. The largest absolute Gasteiger partial charge is 0.395 e. The number of hydrogen-bond donors (Lipinski definition) is 2. The molecule has 0 fully saturated rings. The molecule has 0 saturated carbocycles. The monoisotopic (exact) mass is 216 g/mol. The first-order valence-corrected chi connectivity index (χ1v) is 5.91. The first kappa shape index (κ1) is 14.9. The first-order valence-electron chi connectivity index (χ1n) is 5.91. The summed E-state index contributed by atoms with van der Waals surface area (Å²) in [5.41, 5.74) is 6.21. The van der Waals surface area contributed by atoms with E-state index in [1.54, 1.807) is 0 Å². The van der Waals surface area contributed by atoms with E-state index in [-0.39, 0.29) is 24.1 Å². The van der Waals surface area contributed by atoms with E-state index in [0.717, 1.165) is 13.0 Å². The molecule has 0 rings (SSSR count). The zero-order valence-electron chi connectivity index (χ0n) is 11.0. The molecule has 2 atom stereocenters. The molecule has 0 aromatic carbocycles. The van der Waals surface area contributed by atoms with Crippen molar-refractivity contribution in [3.8, 4) is 0 Å². The number of likely N-dealkylation sites (N-methyl/N-ethyl adjacent to an activating group) is 1. The van der Waals surface area contributed by atoms with E-state index in [1.807, 2.05) is 7.05 Å². The highest BCUT2D eigenvalue weighted by molar-refractivity contribution is 4.88. The summed E-state index contributed by atoms with van der Waals surface area (Å²) >= 11 is 0. The van der Waals surface area contributed by atoms with Gasteiger partial charge < -0.3 is 10.8 Å². The Labute approximate surface area is 94.6 Å². The molecular weight excluding hydrogens is 188 g/mol. The summed E-state index contributed by atoms with van der Waals surface area (Å²) in [4.78, 5) is 2.18. The predicted molar refractivity (Wildman–Crippen MR) is 65.8 cm³/mol. The average molecular weight is 216 g/mol. The Morgan fingerprint density at radius 3 is 2.20 bits per heavy atom. The summed E-state index contributed by atoms with van der Waals surface area (Å²) in [5.74, 6) is 0. The van der Waals surface area contributed by atoms with Crippen molar-refractivity contribution >= 4 is 0 Å². The van der Waals surface area contributed by atoms with Gasteiger partial charge >= 0.3 is 0 Å². The van der Waals surface area contributed by atoms with Crippen molar-refractivity contribution in [3.63, 3.8) is 0 Å². The Hall–Kier alpha value is -0.120. The highest BCUT2D eigenvalue weighted by atomic mass is 16.3. The van der Waals surface area contributed by atoms with Crippen LogP contribution in [0, 0.1) is 5.41 Å². The van der Waals surface area contributed by atoms with E-state index in [2.05, 4.69) is 32.6 Å². The molecule has 2 unspecified atom stereocenters. The standard InChI is InChI=1S/C12H28N2O/c1-6-7-8-14(5)10(9-15)11(13)12(2,3)4/h10-11,15H,6-9,13H2,1-5H3. The van der Waals surface area contributed by atoms with Gasteiger partial charge in [0.1, 0.15) is 0 Å². The Morgan fingerprint density at radius 2 is 1.87 bits per heavy atom. The average Bonchev–Trinajstić information content (AvgIpc) is 2.14. The molecule has 3 heteroatoms. The maximum Gasteiger partial charge on any atom is 0.0602 e. The van der Waals surface area contributed by atoms with Gasteiger partial charge in [0.25, 0.3) is 0 Å². The highest BCUT2D eigenvalue weighted by Gasteiger charge is 2.30. The zero-order valence-corrected chi connectivity index (χ0v) is 11.0. The number of hydrogen-bond acceptors (Lipinski definition) is 3. The molecule has 0 radical (unpaired) electrons. The number of rotatable bonds is 6. The number of nitrogens with zero attached hydrogens (tertiary/aromatic N) is 1. The van der Waals surface area contributed by atoms with Crippen molar-refractivity contribution in [2.24, 2.45) is 11.1 Å². The van der Waals surface area contributed by atoms with Crippen LogP contribution in [0.15, 0.2) is 0 Å². The van der Waals surface area contributed by atoms with Crippen molar-refractivity contribution in [1.29, 1.82) is 0 Å². The van der Waals surface area contributed by atoms with Gasteiger partial charge in [0.2, 0.25) is 0 Å². The fraction of sp³-hybridized carbons (Fsp3) is 1.00. The topological polar surface area (TPSA) is 49.5 Å². The molecule has 92 valence electrons. The lowest BCUT2D eigenvalue weighted by molar-refractivity contribution is 0.0880. The summed E-state index contributed by atoms with van der Waals surface area (Å²) in [6.07, 6.45) is 2.33. The third kappa shape index (κ3) is 4.96. The molecule has 15 heavy (non-hydrogen) atoms. The number of nitrogens with two attached hydrogens (primary N) is 1. The molecular formula is C12H28N2O. The summed E-state index contributed by atoms with van der Waals surface area (Å²) in [7, 11) is 2.04. The van der Waals surface area contributed by atoms with Crippen LogP contribution in [-0.2, 0) is 0 Å². The minimum Gasteiger partial charge on any atom is -0.395 e. The van der Waals surface area contributed by atoms with Crippen LogP contribution in [-0.4, -0.2) is 42.3 Å². The number of unbranched alkanes of at least 4 members (excludes halogenated alkanes) is 1. The van der Waals surface area contributed by atoms with Crippen molar-refractivity contribution < 1.29 is 5.11 Å². The lowest BCUT2D eigenvalue weighted by Crippen LogP contribution is -2.54. The molecule has 3 nitrogen and oxygen atoms in total. The van der Waals surface area contributed by atoms with Crippen LogP contribution in [0.1, 0.15) is 40.5 Å². The van der Waals surface area contributed by atoms with Crippen molar-refractivity contribution in [2.45, 2.75) is 52.6 Å². The second kappa shape index (κ2) is 6.46. The van der Waals surface area contributed by atoms with Gasteiger partial charge in [-0.25, -0.2) is 0 Å². The minimum absolute atomic E-state index is 0.00403. The van der Waals surface area contributed by atoms with Gasteiger partial charge in [-0.1, -0.05) is 34.1 Å². The summed E-state index contributed by atoms with van der Waals surface area (Å²) in [6.45, 7) is 9.67. The summed E-state index contributed by atoms with van der Waals surface area (Å²) < 4.78 is 0. The van der Waals surface area contributed by atoms with E-state index in [4.69, 9.17) is 5.73 Å². The number of aliphatic hydroxyl groups excluding tert-OH is 1. The molecule has 0 bridgehead atoms. The lowest BCUT2D eigenvalue weighted by Gasteiger charge is -2.38. The zero-order chi connectivity index (χ0) is 12.1. The summed E-state index contributed by atoms with van der Waals surface area (Å²) in [5, 5.41) is 9.41. The second-order valence-corrected chi connectivity index (χ2v) is 5.48. The molecule has 0 aliphatic carbocycles. The summed E-state index contributed by atoms with van der Waals surface area (Å²) in [6, 6.07) is 0.0703. The Morgan fingerprint density at radius 1 is 1.33 bits per heavy atom. The lowest BCUT2D eigenvalue weighted by atomic mass is 9.82. The molecule has 0 aromatic rings. The second-order valence-electron chi connectivity index (χ2n) is 5.48. The van der Waals surface area contributed by atoms with Crippen molar-refractivity contribution in [1.82, 2.24) is 4.90 Å². The highest BCUT2D eigenvalue weighted by Crippen LogP contribution is 2.22. The van der Waals surface area contributed by atoms with Crippen molar-refractivity contribution in [2.75, 3.05) is 20.2 Å². The van der Waals surface area contributed by atoms with Crippen LogP contribution in [0.3, 0.4) is 0 Å². The maximum absolute atomic E-state index is 9.41. The smallest absolute Gasteiger partial charge is 0.0602 e. The normalized spacial score (nSPS) is 16.8. The SMILES string of the molecule is CCCCN(C)C(CO)C(N)C(C)(C)C. The van der Waals surface area contributed by atoms with Crippen LogP contribution >= 0.6 is 0 Å².